The predicted octanol–water partition coefficient (Wildman–Crippen LogP) is 4.73. The number of hydrogen-bond acceptors (Lipinski definition) is 4. The molecular formula is C16H14N2O2S. The Morgan fingerprint density at radius 2 is 2.05 bits per heavy atom. The minimum Gasteiger partial charge on any atom is -0.375 e. The van der Waals surface area contributed by atoms with Gasteiger partial charge in [-0.15, -0.1) is 11.3 Å². The summed E-state index contributed by atoms with van der Waals surface area (Å²) in [5.41, 5.74) is 2.72. The van der Waals surface area contributed by atoms with Crippen molar-refractivity contribution in [1.82, 2.24) is 0 Å². The number of thiophene rings is 1. The highest BCUT2D eigenvalue weighted by molar-refractivity contribution is 7.17. The molecule has 0 aliphatic carbocycles. The summed E-state index contributed by atoms with van der Waals surface area (Å²) in [5.74, 6) is 0. The van der Waals surface area contributed by atoms with Crippen LogP contribution >= 0.6 is 11.3 Å². The number of aryl methyl sites for hydroxylation is 1. The number of nitro benzene ring substituents is 1. The van der Waals surface area contributed by atoms with Crippen LogP contribution in [0, 0.1) is 17.0 Å². The second kappa shape index (κ2) is 5.54. The topological polar surface area (TPSA) is 55.2 Å². The first-order valence-corrected chi connectivity index (χ1v) is 7.47. The molecular weight excluding hydrogens is 284 g/mol. The molecule has 3 aromatic rings. The Morgan fingerprint density at radius 3 is 2.86 bits per heavy atom. The van der Waals surface area contributed by atoms with Gasteiger partial charge in [0, 0.05) is 17.3 Å². The Labute approximate surface area is 126 Å². The molecule has 106 valence electrons. The van der Waals surface area contributed by atoms with Crippen molar-refractivity contribution < 1.29 is 4.92 Å². The fourth-order valence-electron chi connectivity index (χ4n) is 2.30. The Kier molecular flexibility index (Phi) is 3.58. The van der Waals surface area contributed by atoms with Crippen LogP contribution in [0.15, 0.2) is 47.8 Å². The maximum absolute atomic E-state index is 11.1. The van der Waals surface area contributed by atoms with E-state index < -0.39 is 0 Å². The number of rotatable bonds is 4. The Bertz CT molecular complexity index is 811. The summed E-state index contributed by atoms with van der Waals surface area (Å²) >= 11 is 1.69. The highest BCUT2D eigenvalue weighted by atomic mass is 32.1. The van der Waals surface area contributed by atoms with Crippen molar-refractivity contribution in [2.45, 2.75) is 13.5 Å². The molecule has 0 saturated heterocycles. The molecule has 0 atom stereocenters. The third-order valence-corrected chi connectivity index (χ3v) is 4.39. The van der Waals surface area contributed by atoms with Crippen molar-refractivity contribution in [3.05, 3.63) is 69.1 Å². The van der Waals surface area contributed by atoms with Crippen LogP contribution in [-0.4, -0.2) is 4.92 Å². The molecule has 0 fully saturated rings. The van der Waals surface area contributed by atoms with Gasteiger partial charge in [0.15, 0.2) is 0 Å². The van der Waals surface area contributed by atoms with Gasteiger partial charge < -0.3 is 5.32 Å². The first-order chi connectivity index (χ1) is 10.1. The number of anilines is 1. The third kappa shape index (κ3) is 2.73. The van der Waals surface area contributed by atoms with Crippen molar-refractivity contribution in [2.24, 2.45) is 0 Å². The van der Waals surface area contributed by atoms with Gasteiger partial charge in [-0.2, -0.15) is 0 Å². The second-order valence-electron chi connectivity index (χ2n) is 4.89. The fraction of sp³-hybridized carbons (Fsp3) is 0.125. The number of nitrogens with zero attached hydrogens (tertiary/aromatic N) is 1. The zero-order valence-corrected chi connectivity index (χ0v) is 12.3. The summed E-state index contributed by atoms with van der Waals surface area (Å²) in [6.07, 6.45) is 0. The lowest BCUT2D eigenvalue weighted by atomic mass is 10.1. The largest absolute Gasteiger partial charge is 0.375 e. The molecule has 1 heterocycles. The van der Waals surface area contributed by atoms with Crippen LogP contribution in [0.25, 0.3) is 10.1 Å². The van der Waals surface area contributed by atoms with Gasteiger partial charge >= 0.3 is 0 Å². The van der Waals surface area contributed by atoms with Crippen molar-refractivity contribution in [2.75, 3.05) is 5.32 Å². The van der Waals surface area contributed by atoms with Crippen molar-refractivity contribution in [3.8, 4) is 0 Å². The van der Waals surface area contributed by atoms with Gasteiger partial charge in [-0.3, -0.25) is 10.1 Å². The fourth-order valence-corrected chi connectivity index (χ4v) is 3.27. The molecule has 5 heteroatoms. The SMILES string of the molecule is Cc1ccc(NCc2csc3ccccc23)c([N+](=O)[O-])c1. The maximum Gasteiger partial charge on any atom is 0.292 e. The van der Waals surface area contributed by atoms with Gasteiger partial charge in [-0.1, -0.05) is 24.3 Å². The van der Waals surface area contributed by atoms with Gasteiger partial charge in [-0.25, -0.2) is 0 Å². The number of benzene rings is 2. The molecule has 2 aromatic carbocycles. The van der Waals surface area contributed by atoms with Gasteiger partial charge in [0.05, 0.1) is 4.92 Å². The molecule has 0 amide bonds. The standard InChI is InChI=1S/C16H14N2O2S/c1-11-6-7-14(15(8-11)18(19)20)17-9-12-10-21-16-5-3-2-4-13(12)16/h2-8,10,17H,9H2,1H3. The zero-order valence-electron chi connectivity index (χ0n) is 11.5. The first-order valence-electron chi connectivity index (χ1n) is 6.59. The lowest BCUT2D eigenvalue weighted by molar-refractivity contribution is -0.384. The molecule has 0 aliphatic rings. The van der Waals surface area contributed by atoms with Crippen LogP contribution in [0.4, 0.5) is 11.4 Å². The normalized spacial score (nSPS) is 10.7. The Hall–Kier alpha value is -2.40. The summed E-state index contributed by atoms with van der Waals surface area (Å²) in [6, 6.07) is 13.4. The molecule has 1 N–H and O–H groups in total. The van der Waals surface area contributed by atoms with E-state index in [4.69, 9.17) is 0 Å². The van der Waals surface area contributed by atoms with E-state index >= 15 is 0 Å². The lowest BCUT2D eigenvalue weighted by Gasteiger charge is -2.07. The molecule has 0 aliphatic heterocycles. The van der Waals surface area contributed by atoms with Crippen LogP contribution in [0.3, 0.4) is 0 Å². The van der Waals surface area contributed by atoms with Gasteiger partial charge in [0.2, 0.25) is 0 Å². The van der Waals surface area contributed by atoms with E-state index in [-0.39, 0.29) is 10.6 Å². The van der Waals surface area contributed by atoms with E-state index in [0.29, 0.717) is 12.2 Å². The van der Waals surface area contributed by atoms with Crippen LogP contribution < -0.4 is 5.32 Å². The summed E-state index contributed by atoms with van der Waals surface area (Å²) in [4.78, 5) is 10.8. The average Bonchev–Trinajstić information content (AvgIpc) is 2.89. The van der Waals surface area contributed by atoms with Gasteiger partial charge in [0.1, 0.15) is 5.69 Å². The summed E-state index contributed by atoms with van der Waals surface area (Å²) in [5, 5.41) is 17.6. The van der Waals surface area contributed by atoms with Gasteiger partial charge in [-0.05, 0) is 40.9 Å². The van der Waals surface area contributed by atoms with E-state index in [0.717, 1.165) is 11.1 Å². The predicted molar refractivity (Wildman–Crippen MR) is 87.0 cm³/mol. The molecule has 0 bridgehead atoms. The molecule has 0 radical (unpaired) electrons. The van der Waals surface area contributed by atoms with Crippen LogP contribution in [0.5, 0.6) is 0 Å². The maximum atomic E-state index is 11.1. The zero-order chi connectivity index (χ0) is 14.8. The van der Waals surface area contributed by atoms with Gasteiger partial charge in [0.25, 0.3) is 5.69 Å². The molecule has 21 heavy (non-hydrogen) atoms. The molecule has 0 spiro atoms. The smallest absolute Gasteiger partial charge is 0.292 e. The van der Waals surface area contributed by atoms with Crippen molar-refractivity contribution in [3.63, 3.8) is 0 Å². The summed E-state index contributed by atoms with van der Waals surface area (Å²) in [6.45, 7) is 2.43. The van der Waals surface area contributed by atoms with E-state index in [1.54, 1.807) is 23.5 Å². The lowest BCUT2D eigenvalue weighted by Crippen LogP contribution is -2.02. The van der Waals surface area contributed by atoms with Crippen LogP contribution in [0.1, 0.15) is 11.1 Å². The first kappa shape index (κ1) is 13.6. The summed E-state index contributed by atoms with van der Waals surface area (Å²) < 4.78 is 1.23. The number of fused-ring (bicyclic) bond motifs is 1. The van der Waals surface area contributed by atoms with Crippen molar-refractivity contribution in [1.29, 1.82) is 0 Å². The second-order valence-corrected chi connectivity index (χ2v) is 5.80. The van der Waals surface area contributed by atoms with E-state index in [2.05, 4.69) is 22.8 Å². The van der Waals surface area contributed by atoms with Crippen LogP contribution in [-0.2, 0) is 6.54 Å². The summed E-state index contributed by atoms with van der Waals surface area (Å²) in [7, 11) is 0. The molecule has 4 nitrogen and oxygen atoms in total. The number of nitro groups is 1. The highest BCUT2D eigenvalue weighted by Crippen LogP contribution is 2.29. The minimum absolute atomic E-state index is 0.120. The average molecular weight is 298 g/mol. The Morgan fingerprint density at radius 1 is 1.24 bits per heavy atom. The monoisotopic (exact) mass is 298 g/mol. The van der Waals surface area contributed by atoms with E-state index in [1.165, 1.54) is 10.1 Å². The van der Waals surface area contributed by atoms with E-state index in [9.17, 15) is 10.1 Å². The Balaban J connectivity index is 1.87. The molecule has 0 unspecified atom stereocenters. The third-order valence-electron chi connectivity index (χ3n) is 3.38. The molecule has 3 rings (SSSR count). The van der Waals surface area contributed by atoms with Crippen LogP contribution in [0.2, 0.25) is 0 Å². The molecule has 1 aromatic heterocycles. The number of nitrogens with one attached hydrogen (secondary N) is 1. The minimum atomic E-state index is -0.346. The number of hydrogen-bond donors (Lipinski definition) is 1. The quantitative estimate of drug-likeness (QED) is 0.559. The van der Waals surface area contributed by atoms with E-state index in [1.807, 2.05) is 25.1 Å². The van der Waals surface area contributed by atoms with Crippen molar-refractivity contribution >= 4 is 32.8 Å². The molecule has 0 saturated carbocycles. The highest BCUT2D eigenvalue weighted by Gasteiger charge is 2.13.